The normalized spacial score (nSPS) is 12.2. The van der Waals surface area contributed by atoms with E-state index < -0.39 is 22.0 Å². The Morgan fingerprint density at radius 2 is 1.58 bits per heavy atom. The fraction of sp³-hybridized carbons (Fsp3) is 0.208. The molecule has 0 aromatic heterocycles. The minimum Gasteiger partial charge on any atom is -0.468 e. The van der Waals surface area contributed by atoms with Crippen LogP contribution in [-0.4, -0.2) is 28.0 Å². The molecule has 0 amide bonds. The molecule has 0 fully saturated rings. The summed E-state index contributed by atoms with van der Waals surface area (Å²) in [5.74, 6) is -0.407. The molecule has 0 bridgehead atoms. The third-order valence-corrected chi connectivity index (χ3v) is 6.29. The van der Waals surface area contributed by atoms with Gasteiger partial charge in [0.05, 0.1) is 30.3 Å². The van der Waals surface area contributed by atoms with Crippen LogP contribution in [0.1, 0.15) is 28.3 Å². The lowest BCUT2D eigenvalue weighted by atomic mass is 9.96. The predicted molar refractivity (Wildman–Crippen MR) is 121 cm³/mol. The summed E-state index contributed by atoms with van der Waals surface area (Å²) in [7, 11) is -2.46. The Morgan fingerprint density at radius 1 is 0.935 bits per heavy atom. The Morgan fingerprint density at radius 3 is 2.23 bits per heavy atom. The van der Waals surface area contributed by atoms with Crippen molar-refractivity contribution in [1.82, 2.24) is 5.32 Å². The number of sulfonamides is 1. The average Bonchev–Trinajstić information content (AvgIpc) is 2.76. The molecule has 0 spiro atoms. The van der Waals surface area contributed by atoms with Gasteiger partial charge in [0.25, 0.3) is 10.0 Å². The lowest BCUT2D eigenvalue weighted by molar-refractivity contribution is -0.139. The fourth-order valence-corrected chi connectivity index (χ4v) is 4.33. The van der Waals surface area contributed by atoms with E-state index in [4.69, 9.17) is 4.74 Å². The number of rotatable bonds is 8. The van der Waals surface area contributed by atoms with E-state index in [0.29, 0.717) is 11.3 Å². The van der Waals surface area contributed by atoms with Gasteiger partial charge in [-0.2, -0.15) is 0 Å². The lowest BCUT2D eigenvalue weighted by Crippen LogP contribution is -2.30. The van der Waals surface area contributed by atoms with Gasteiger partial charge in [0, 0.05) is 0 Å². The smallest absolute Gasteiger partial charge is 0.319 e. The molecule has 31 heavy (non-hydrogen) atoms. The maximum absolute atomic E-state index is 13.0. The number of hydrogen-bond donors (Lipinski definition) is 2. The van der Waals surface area contributed by atoms with Gasteiger partial charge >= 0.3 is 5.97 Å². The number of anilines is 1. The standard InChI is InChI=1S/C24H26N2O4S/c1-17-9-12-20(13-10-17)31(28,29)26-22-14-11-18(2)15-21(22)24(25-16-23(27)30-3)19-7-5-4-6-8-19/h4-15,24-26H,16H2,1-3H3/t24-/m0/s1. The minimum atomic E-state index is -3.79. The molecule has 0 radical (unpaired) electrons. The van der Waals surface area contributed by atoms with Crippen LogP contribution in [0.2, 0.25) is 0 Å². The van der Waals surface area contributed by atoms with Crippen LogP contribution in [0.3, 0.4) is 0 Å². The third kappa shape index (κ3) is 5.71. The monoisotopic (exact) mass is 438 g/mol. The maximum Gasteiger partial charge on any atom is 0.319 e. The Labute approximate surface area is 183 Å². The second-order valence-electron chi connectivity index (χ2n) is 7.31. The summed E-state index contributed by atoms with van der Waals surface area (Å²) < 4.78 is 33.5. The second kappa shape index (κ2) is 9.76. The number of nitrogens with one attached hydrogen (secondary N) is 2. The van der Waals surface area contributed by atoms with Gasteiger partial charge in [0.2, 0.25) is 0 Å². The van der Waals surface area contributed by atoms with Crippen molar-refractivity contribution in [3.63, 3.8) is 0 Å². The van der Waals surface area contributed by atoms with E-state index >= 15 is 0 Å². The van der Waals surface area contributed by atoms with E-state index in [0.717, 1.165) is 16.7 Å². The molecule has 7 heteroatoms. The molecule has 3 aromatic carbocycles. The van der Waals surface area contributed by atoms with Crippen LogP contribution in [0.15, 0.2) is 77.7 Å². The number of methoxy groups -OCH3 is 1. The van der Waals surface area contributed by atoms with Crippen molar-refractivity contribution >= 4 is 21.7 Å². The summed E-state index contributed by atoms with van der Waals surface area (Å²) in [6, 6.07) is 21.3. The van der Waals surface area contributed by atoms with Crippen molar-refractivity contribution < 1.29 is 17.9 Å². The summed E-state index contributed by atoms with van der Waals surface area (Å²) >= 11 is 0. The van der Waals surface area contributed by atoms with E-state index in [9.17, 15) is 13.2 Å². The first kappa shape index (κ1) is 22.5. The van der Waals surface area contributed by atoms with Crippen LogP contribution in [-0.2, 0) is 19.6 Å². The first-order chi connectivity index (χ1) is 14.8. The van der Waals surface area contributed by atoms with Crippen LogP contribution >= 0.6 is 0 Å². The number of ether oxygens (including phenoxy) is 1. The Hall–Kier alpha value is -3.16. The molecule has 0 saturated heterocycles. The number of aryl methyl sites for hydroxylation is 2. The maximum atomic E-state index is 13.0. The van der Waals surface area contributed by atoms with Gasteiger partial charge in [-0.25, -0.2) is 8.42 Å². The highest BCUT2D eigenvalue weighted by Crippen LogP contribution is 2.31. The molecule has 0 aliphatic heterocycles. The number of hydrogen-bond acceptors (Lipinski definition) is 5. The summed E-state index contributed by atoms with van der Waals surface area (Å²) in [4.78, 5) is 12.0. The lowest BCUT2D eigenvalue weighted by Gasteiger charge is -2.23. The van der Waals surface area contributed by atoms with E-state index in [1.807, 2.05) is 56.3 Å². The highest BCUT2D eigenvalue weighted by molar-refractivity contribution is 7.92. The van der Waals surface area contributed by atoms with E-state index in [-0.39, 0.29) is 11.4 Å². The second-order valence-corrected chi connectivity index (χ2v) is 8.99. The van der Waals surface area contributed by atoms with Gasteiger partial charge in [0.15, 0.2) is 0 Å². The van der Waals surface area contributed by atoms with Crippen LogP contribution < -0.4 is 10.0 Å². The largest absolute Gasteiger partial charge is 0.468 e. The topological polar surface area (TPSA) is 84.5 Å². The number of carbonyl (C=O) groups is 1. The molecule has 6 nitrogen and oxygen atoms in total. The van der Waals surface area contributed by atoms with Crippen LogP contribution in [0.5, 0.6) is 0 Å². The van der Waals surface area contributed by atoms with E-state index in [2.05, 4.69) is 10.0 Å². The highest BCUT2D eigenvalue weighted by Gasteiger charge is 2.22. The van der Waals surface area contributed by atoms with Crippen molar-refractivity contribution in [2.75, 3.05) is 18.4 Å². The van der Waals surface area contributed by atoms with Gasteiger partial charge in [-0.05, 0) is 43.2 Å². The Bertz CT molecular complexity index is 1140. The molecule has 0 aliphatic rings. The van der Waals surface area contributed by atoms with Gasteiger partial charge in [-0.15, -0.1) is 0 Å². The molecule has 0 heterocycles. The van der Waals surface area contributed by atoms with Gasteiger partial charge in [0.1, 0.15) is 0 Å². The first-order valence-corrected chi connectivity index (χ1v) is 11.3. The zero-order valence-corrected chi connectivity index (χ0v) is 18.6. The number of esters is 1. The fourth-order valence-electron chi connectivity index (χ4n) is 3.25. The predicted octanol–water partition coefficient (Wildman–Crippen LogP) is 3.96. The van der Waals surface area contributed by atoms with Crippen LogP contribution in [0, 0.1) is 13.8 Å². The highest BCUT2D eigenvalue weighted by atomic mass is 32.2. The first-order valence-electron chi connectivity index (χ1n) is 9.85. The quantitative estimate of drug-likeness (QED) is 0.520. The van der Waals surface area contributed by atoms with Gasteiger partial charge < -0.3 is 4.74 Å². The molecular weight excluding hydrogens is 412 g/mol. The Balaban J connectivity index is 2.03. The summed E-state index contributed by atoms with van der Waals surface area (Å²) in [5.41, 5.74) is 4.00. The summed E-state index contributed by atoms with van der Waals surface area (Å²) in [6.07, 6.45) is 0. The molecule has 0 saturated carbocycles. The van der Waals surface area contributed by atoms with Gasteiger partial charge in [-0.3, -0.25) is 14.8 Å². The molecule has 3 aromatic rings. The molecule has 2 N–H and O–H groups in total. The van der Waals surface area contributed by atoms with Gasteiger partial charge in [-0.1, -0.05) is 65.7 Å². The summed E-state index contributed by atoms with van der Waals surface area (Å²) in [5, 5.41) is 3.19. The van der Waals surface area contributed by atoms with Crippen LogP contribution in [0.4, 0.5) is 5.69 Å². The third-order valence-electron chi connectivity index (χ3n) is 4.90. The Kier molecular flexibility index (Phi) is 7.09. The molecule has 0 aliphatic carbocycles. The molecule has 3 rings (SSSR count). The zero-order valence-electron chi connectivity index (χ0n) is 17.8. The molecule has 162 valence electrons. The minimum absolute atomic E-state index is 0.0197. The molecule has 1 atom stereocenters. The van der Waals surface area contributed by atoms with Crippen molar-refractivity contribution in [1.29, 1.82) is 0 Å². The van der Waals surface area contributed by atoms with E-state index in [1.165, 1.54) is 7.11 Å². The van der Waals surface area contributed by atoms with Crippen molar-refractivity contribution in [2.24, 2.45) is 0 Å². The average molecular weight is 439 g/mol. The van der Waals surface area contributed by atoms with Crippen molar-refractivity contribution in [2.45, 2.75) is 24.8 Å². The van der Waals surface area contributed by atoms with Crippen molar-refractivity contribution in [3.05, 3.63) is 95.1 Å². The zero-order chi connectivity index (χ0) is 22.4. The number of carbonyl (C=O) groups excluding carboxylic acids is 1. The SMILES string of the molecule is COC(=O)CN[C@@H](c1ccccc1)c1cc(C)ccc1NS(=O)(=O)c1ccc(C)cc1. The van der Waals surface area contributed by atoms with Crippen molar-refractivity contribution in [3.8, 4) is 0 Å². The van der Waals surface area contributed by atoms with Crippen LogP contribution in [0.25, 0.3) is 0 Å². The van der Waals surface area contributed by atoms with E-state index in [1.54, 1.807) is 30.3 Å². The number of benzene rings is 3. The summed E-state index contributed by atoms with van der Waals surface area (Å²) in [6.45, 7) is 3.82. The molecule has 0 unspecified atom stereocenters. The molecular formula is C24H26N2O4S.